The molecule has 1 aromatic carbocycles. The maximum Gasteiger partial charge on any atom is 0.237 e. The van der Waals surface area contributed by atoms with Gasteiger partial charge in [0, 0.05) is 31.2 Å². The monoisotopic (exact) mass is 399 g/mol. The number of benzene rings is 1. The van der Waals surface area contributed by atoms with Crippen LogP contribution in [0.5, 0.6) is 5.75 Å². The zero-order valence-corrected chi connectivity index (χ0v) is 17.4. The van der Waals surface area contributed by atoms with Crippen molar-refractivity contribution >= 4 is 17.9 Å². The number of carbonyl (C=O) groups excluding carboxylic acids is 2. The van der Waals surface area contributed by atoms with E-state index in [1.54, 1.807) is 7.11 Å². The molecule has 6 heteroatoms. The summed E-state index contributed by atoms with van der Waals surface area (Å²) in [7, 11) is 1.66. The number of hydrogen-bond acceptors (Lipinski definition) is 4. The molecule has 1 unspecified atom stereocenters. The lowest BCUT2D eigenvalue weighted by Crippen LogP contribution is -2.56. The van der Waals surface area contributed by atoms with Crippen LogP contribution in [0, 0.1) is 0 Å². The minimum absolute atomic E-state index is 0.0161. The average Bonchev–Trinajstić information content (AvgIpc) is 2.99. The van der Waals surface area contributed by atoms with Crippen LogP contribution in [0.15, 0.2) is 30.3 Å². The van der Waals surface area contributed by atoms with Gasteiger partial charge < -0.3 is 15.4 Å². The van der Waals surface area contributed by atoms with Crippen molar-refractivity contribution in [2.24, 2.45) is 0 Å². The lowest BCUT2D eigenvalue weighted by Gasteiger charge is -2.34. The summed E-state index contributed by atoms with van der Waals surface area (Å²) < 4.78 is 5.38. The molecule has 29 heavy (non-hydrogen) atoms. The van der Waals surface area contributed by atoms with Crippen molar-refractivity contribution < 1.29 is 14.3 Å². The Morgan fingerprint density at radius 1 is 1.24 bits per heavy atom. The first-order chi connectivity index (χ1) is 14.2. The van der Waals surface area contributed by atoms with Crippen LogP contribution >= 0.6 is 0 Å². The molecule has 1 aromatic rings. The first kappa shape index (κ1) is 21.4. The Morgan fingerprint density at radius 2 is 2.00 bits per heavy atom. The molecule has 1 aliphatic carbocycles. The summed E-state index contributed by atoms with van der Waals surface area (Å²) in [6.07, 6.45) is 11.2. The summed E-state index contributed by atoms with van der Waals surface area (Å²) in [4.78, 5) is 27.1. The molecular formula is C23H33N3O3. The van der Waals surface area contributed by atoms with Gasteiger partial charge in [0.05, 0.1) is 19.6 Å². The Balaban J connectivity index is 1.57. The highest BCUT2D eigenvalue weighted by Gasteiger charge is 2.31. The van der Waals surface area contributed by atoms with Crippen molar-refractivity contribution in [1.82, 2.24) is 15.5 Å². The third-order valence-electron chi connectivity index (χ3n) is 5.82. The molecule has 2 N–H and O–H groups in total. The number of carbonyl (C=O) groups is 2. The third-order valence-corrected chi connectivity index (χ3v) is 5.82. The molecule has 0 bridgehead atoms. The first-order valence-electron chi connectivity index (χ1n) is 10.8. The van der Waals surface area contributed by atoms with Gasteiger partial charge in [0.15, 0.2) is 0 Å². The van der Waals surface area contributed by atoms with Crippen LogP contribution in [0.2, 0.25) is 0 Å². The third kappa shape index (κ3) is 6.32. The highest BCUT2D eigenvalue weighted by atomic mass is 16.5. The second kappa shape index (κ2) is 11.0. The van der Waals surface area contributed by atoms with Gasteiger partial charge in [-0.25, -0.2) is 0 Å². The molecule has 1 heterocycles. The predicted octanol–water partition coefficient (Wildman–Crippen LogP) is 2.74. The molecule has 0 aromatic heterocycles. The topological polar surface area (TPSA) is 70.7 Å². The standard InChI is InChI=1S/C23H33N3O3/c1-29-21-13-7-6-9-18(21)10-8-15-26-16-14-24-23(28)20(26)17-22(27)25-19-11-4-2-3-5-12-19/h6-10,13,19-20H,2-5,11-12,14-17H2,1H3,(H,24,28)(H,25,27)/b10-8+. The van der Waals surface area contributed by atoms with Gasteiger partial charge in [-0.2, -0.15) is 0 Å². The van der Waals surface area contributed by atoms with E-state index < -0.39 is 6.04 Å². The lowest BCUT2D eigenvalue weighted by atomic mass is 10.1. The van der Waals surface area contributed by atoms with Crippen LogP contribution in [-0.2, 0) is 9.59 Å². The van der Waals surface area contributed by atoms with Crippen molar-refractivity contribution in [2.45, 2.75) is 57.0 Å². The molecule has 0 spiro atoms. The van der Waals surface area contributed by atoms with Crippen LogP contribution in [0.3, 0.4) is 0 Å². The van der Waals surface area contributed by atoms with E-state index in [0.29, 0.717) is 13.1 Å². The number of para-hydroxylation sites is 1. The van der Waals surface area contributed by atoms with Gasteiger partial charge >= 0.3 is 0 Å². The Kier molecular flexibility index (Phi) is 8.11. The molecule has 2 aliphatic rings. The molecule has 158 valence electrons. The summed E-state index contributed by atoms with van der Waals surface area (Å²) in [5.74, 6) is 0.745. The molecule has 1 aliphatic heterocycles. The molecule has 6 nitrogen and oxygen atoms in total. The fraction of sp³-hybridized carbons (Fsp3) is 0.565. The number of nitrogens with zero attached hydrogens (tertiary/aromatic N) is 1. The zero-order valence-electron chi connectivity index (χ0n) is 17.4. The molecule has 2 fully saturated rings. The highest BCUT2D eigenvalue weighted by molar-refractivity contribution is 5.89. The van der Waals surface area contributed by atoms with Gasteiger partial charge in [0.1, 0.15) is 5.75 Å². The summed E-state index contributed by atoms with van der Waals surface area (Å²) in [6, 6.07) is 7.67. The van der Waals surface area contributed by atoms with Crippen LogP contribution in [0.25, 0.3) is 6.08 Å². The van der Waals surface area contributed by atoms with Crippen molar-refractivity contribution in [3.8, 4) is 5.75 Å². The van der Waals surface area contributed by atoms with Gasteiger partial charge in [-0.05, 0) is 18.9 Å². The smallest absolute Gasteiger partial charge is 0.237 e. The van der Waals surface area contributed by atoms with E-state index in [-0.39, 0.29) is 24.3 Å². The van der Waals surface area contributed by atoms with Gasteiger partial charge in [0.25, 0.3) is 0 Å². The van der Waals surface area contributed by atoms with Crippen LogP contribution in [-0.4, -0.2) is 55.5 Å². The number of rotatable bonds is 7. The number of hydrogen-bond donors (Lipinski definition) is 2. The number of nitrogens with one attached hydrogen (secondary N) is 2. The summed E-state index contributed by atoms with van der Waals surface area (Å²) in [5.41, 5.74) is 0.999. The van der Waals surface area contributed by atoms with E-state index in [2.05, 4.69) is 15.5 Å². The van der Waals surface area contributed by atoms with E-state index in [1.165, 1.54) is 25.7 Å². The second-order valence-electron chi connectivity index (χ2n) is 7.91. The van der Waals surface area contributed by atoms with Gasteiger partial charge in [-0.15, -0.1) is 0 Å². The number of ether oxygens (including phenoxy) is 1. The minimum atomic E-state index is -0.420. The Labute approximate surface area is 173 Å². The highest BCUT2D eigenvalue weighted by Crippen LogP contribution is 2.20. The van der Waals surface area contributed by atoms with Crippen molar-refractivity contribution in [3.05, 3.63) is 35.9 Å². The summed E-state index contributed by atoms with van der Waals surface area (Å²) in [6.45, 7) is 1.97. The van der Waals surface area contributed by atoms with E-state index in [0.717, 1.165) is 30.7 Å². The zero-order chi connectivity index (χ0) is 20.5. The van der Waals surface area contributed by atoms with E-state index in [4.69, 9.17) is 4.74 Å². The first-order valence-corrected chi connectivity index (χ1v) is 10.8. The molecule has 2 amide bonds. The van der Waals surface area contributed by atoms with Crippen LogP contribution in [0.1, 0.15) is 50.5 Å². The number of methoxy groups -OCH3 is 1. The van der Waals surface area contributed by atoms with Gasteiger partial charge in [-0.3, -0.25) is 14.5 Å². The van der Waals surface area contributed by atoms with Crippen LogP contribution in [0.4, 0.5) is 0 Å². The lowest BCUT2D eigenvalue weighted by molar-refractivity contribution is -0.133. The Morgan fingerprint density at radius 3 is 2.76 bits per heavy atom. The largest absolute Gasteiger partial charge is 0.496 e. The maximum absolute atomic E-state index is 12.6. The molecule has 1 saturated carbocycles. The molecule has 1 atom stereocenters. The normalized spacial score (nSPS) is 21.6. The van der Waals surface area contributed by atoms with E-state index >= 15 is 0 Å². The molecule has 0 radical (unpaired) electrons. The average molecular weight is 400 g/mol. The maximum atomic E-state index is 12.6. The molecule has 3 rings (SSSR count). The minimum Gasteiger partial charge on any atom is -0.496 e. The fourth-order valence-electron chi connectivity index (χ4n) is 4.21. The molecular weight excluding hydrogens is 366 g/mol. The van der Waals surface area contributed by atoms with Crippen molar-refractivity contribution in [2.75, 3.05) is 26.7 Å². The Bertz CT molecular complexity index is 711. The Hall–Kier alpha value is -2.34. The van der Waals surface area contributed by atoms with Crippen molar-refractivity contribution in [1.29, 1.82) is 0 Å². The number of amides is 2. The predicted molar refractivity (Wildman–Crippen MR) is 115 cm³/mol. The van der Waals surface area contributed by atoms with E-state index in [9.17, 15) is 9.59 Å². The van der Waals surface area contributed by atoms with Crippen molar-refractivity contribution in [3.63, 3.8) is 0 Å². The van der Waals surface area contributed by atoms with Crippen LogP contribution < -0.4 is 15.4 Å². The van der Waals surface area contributed by atoms with E-state index in [1.807, 2.05) is 36.4 Å². The van der Waals surface area contributed by atoms with Gasteiger partial charge in [0.2, 0.25) is 11.8 Å². The SMILES string of the molecule is COc1ccccc1/C=C/CN1CCNC(=O)C1CC(=O)NC1CCCCCC1. The van der Waals surface area contributed by atoms with Gasteiger partial charge in [-0.1, -0.05) is 56.0 Å². The summed E-state index contributed by atoms with van der Waals surface area (Å²) >= 11 is 0. The molecule has 1 saturated heterocycles. The fourth-order valence-corrected chi connectivity index (χ4v) is 4.21. The number of piperazine rings is 1. The summed E-state index contributed by atoms with van der Waals surface area (Å²) in [5, 5.41) is 6.07. The quantitative estimate of drug-likeness (QED) is 0.692. The second-order valence-corrected chi connectivity index (χ2v) is 7.91.